The average Bonchev–Trinajstić information content (AvgIpc) is 3.11. The van der Waals surface area contributed by atoms with Crippen molar-refractivity contribution in [2.24, 2.45) is 0 Å². The molecule has 0 saturated heterocycles. The highest BCUT2D eigenvalue weighted by atomic mass is 16.5. The summed E-state index contributed by atoms with van der Waals surface area (Å²) in [5.41, 5.74) is 8.03. The summed E-state index contributed by atoms with van der Waals surface area (Å²) in [4.78, 5) is 28.7. The van der Waals surface area contributed by atoms with Gasteiger partial charge in [-0.1, -0.05) is 46.6 Å². The van der Waals surface area contributed by atoms with Crippen molar-refractivity contribution in [3.05, 3.63) is 151 Å². The Morgan fingerprint density at radius 1 is 0.500 bits per heavy atom. The molecule has 8 nitrogen and oxygen atoms in total. The maximum atomic E-state index is 14.3. The minimum atomic E-state index is -0.817. The fourth-order valence-electron chi connectivity index (χ4n) is 8.22. The first-order valence-corrected chi connectivity index (χ1v) is 19.9. The van der Waals surface area contributed by atoms with Gasteiger partial charge < -0.3 is 29.9 Å². The number of ether oxygens (including phenoxy) is 2. The van der Waals surface area contributed by atoms with E-state index in [0.29, 0.717) is 44.9 Å². The number of rotatable bonds is 13. The largest absolute Gasteiger partial charge is 0.507 e. The highest BCUT2D eigenvalue weighted by molar-refractivity contribution is 6.18. The van der Waals surface area contributed by atoms with E-state index in [1.54, 1.807) is 12.1 Å². The van der Waals surface area contributed by atoms with E-state index in [1.807, 2.05) is 52.0 Å². The summed E-state index contributed by atoms with van der Waals surface area (Å²) in [6.07, 6.45) is 11.9. The summed E-state index contributed by atoms with van der Waals surface area (Å²) in [6.45, 7) is 16.4. The van der Waals surface area contributed by atoms with E-state index in [4.69, 9.17) is 9.47 Å². The van der Waals surface area contributed by atoms with Crippen LogP contribution >= 0.6 is 0 Å². The van der Waals surface area contributed by atoms with Crippen LogP contribution in [-0.2, 0) is 0 Å². The maximum absolute atomic E-state index is 14.3. The molecule has 4 aromatic rings. The van der Waals surface area contributed by atoms with Crippen molar-refractivity contribution in [3.8, 4) is 34.5 Å². The predicted molar refractivity (Wildman–Crippen MR) is 228 cm³/mol. The van der Waals surface area contributed by atoms with Gasteiger partial charge in [-0.15, -0.1) is 0 Å². The SMILES string of the molecule is CC(C)=CCC/C(C)=C/COc1cc(O)c2c(c1)[C@H]([C@H]1c3cc(C)cc(O)c3C(=O)c3c(O)cc(OC/C=C(\C)CCC=C(C)C)cc31)c1cc(C)cc(O)c1C2=O. The van der Waals surface area contributed by atoms with Crippen LogP contribution in [0.2, 0.25) is 0 Å². The van der Waals surface area contributed by atoms with Crippen molar-refractivity contribution >= 4 is 11.6 Å². The van der Waals surface area contributed by atoms with E-state index in [2.05, 4.69) is 39.8 Å². The molecule has 0 aliphatic heterocycles. The maximum Gasteiger partial charge on any atom is 0.201 e. The molecule has 2 aliphatic rings. The highest BCUT2D eigenvalue weighted by Gasteiger charge is 2.46. The smallest absolute Gasteiger partial charge is 0.201 e. The lowest BCUT2D eigenvalue weighted by Gasteiger charge is -2.39. The molecule has 4 aromatic carbocycles. The quantitative estimate of drug-likeness (QED) is 0.0985. The minimum Gasteiger partial charge on any atom is -0.507 e. The number of hydrogen-bond acceptors (Lipinski definition) is 8. The van der Waals surface area contributed by atoms with Crippen LogP contribution in [0.4, 0.5) is 0 Å². The number of phenolic OH excluding ortho intramolecular Hbond substituents is 4. The van der Waals surface area contributed by atoms with E-state index >= 15 is 0 Å². The van der Waals surface area contributed by atoms with Crippen molar-refractivity contribution in [3.63, 3.8) is 0 Å². The summed E-state index contributed by atoms with van der Waals surface area (Å²) < 4.78 is 12.4. The number of ketones is 2. The fraction of sp³-hybridized carbons (Fsp3) is 0.320. The number of carbonyl (C=O) groups excluding carboxylic acids is 2. The molecule has 0 heterocycles. The number of hydrogen-bond donors (Lipinski definition) is 4. The lowest BCUT2D eigenvalue weighted by atomic mass is 9.63. The van der Waals surface area contributed by atoms with Crippen molar-refractivity contribution in [2.45, 2.75) is 92.9 Å². The predicted octanol–water partition coefficient (Wildman–Crippen LogP) is 11.3. The van der Waals surface area contributed by atoms with Crippen LogP contribution in [0.1, 0.15) is 144 Å². The Balaban J connectivity index is 1.52. The van der Waals surface area contributed by atoms with E-state index in [9.17, 15) is 30.0 Å². The van der Waals surface area contributed by atoms with Gasteiger partial charge in [-0.05, 0) is 151 Å². The molecular formula is C50H54O8. The van der Waals surface area contributed by atoms with Gasteiger partial charge in [0.15, 0.2) is 0 Å². The zero-order valence-electron chi connectivity index (χ0n) is 34.7. The monoisotopic (exact) mass is 782 g/mol. The van der Waals surface area contributed by atoms with Crippen LogP contribution < -0.4 is 9.47 Å². The van der Waals surface area contributed by atoms with E-state index in [0.717, 1.165) is 36.8 Å². The third-order valence-corrected chi connectivity index (χ3v) is 11.0. The minimum absolute atomic E-state index is 0.000302. The Hall–Kier alpha value is -6.02. The molecule has 0 saturated carbocycles. The number of phenols is 4. The number of carbonyl (C=O) groups is 2. The van der Waals surface area contributed by atoms with Crippen LogP contribution in [0.5, 0.6) is 34.5 Å². The summed E-state index contributed by atoms with van der Waals surface area (Å²) in [7, 11) is 0. The summed E-state index contributed by atoms with van der Waals surface area (Å²) in [5.74, 6) is -3.20. The molecule has 0 unspecified atom stereocenters. The number of allylic oxidation sites excluding steroid dienone is 6. The van der Waals surface area contributed by atoms with Crippen molar-refractivity contribution in [1.29, 1.82) is 0 Å². The van der Waals surface area contributed by atoms with Crippen LogP contribution in [0, 0.1) is 13.8 Å². The third kappa shape index (κ3) is 8.61. The standard InChI is InChI=1S/C50H54O8/c1-27(2)11-9-13-29(5)15-17-57-33-23-37-43(35-19-31(7)21-39(51)45(35)49(55)47(37)41(53)25-33)44-36-20-32(8)22-40(52)46(36)50(56)48-38(44)24-34(26-42(48)54)58-18-16-30(6)14-10-12-28(3)4/h11-12,15-16,19-26,43-44,51-54H,9-10,13-14,17-18H2,1-8H3/b29-15+,30-16+/t43-,44+. The second-order valence-corrected chi connectivity index (χ2v) is 16.3. The first-order valence-electron chi connectivity index (χ1n) is 19.9. The average molecular weight is 783 g/mol. The molecule has 6 rings (SSSR count). The van der Waals surface area contributed by atoms with Gasteiger partial charge >= 0.3 is 0 Å². The fourth-order valence-corrected chi connectivity index (χ4v) is 8.22. The summed E-state index contributed by atoms with van der Waals surface area (Å²) in [5, 5.41) is 46.0. The Morgan fingerprint density at radius 3 is 1.17 bits per heavy atom. The Bertz CT molecular complexity index is 2250. The topological polar surface area (TPSA) is 134 Å². The lowest BCUT2D eigenvalue weighted by molar-refractivity contribution is 0.101. The van der Waals surface area contributed by atoms with Gasteiger partial charge in [0.25, 0.3) is 0 Å². The molecule has 0 fully saturated rings. The zero-order valence-corrected chi connectivity index (χ0v) is 34.7. The molecule has 302 valence electrons. The van der Waals surface area contributed by atoms with Gasteiger partial charge in [0, 0.05) is 24.0 Å². The van der Waals surface area contributed by atoms with Crippen LogP contribution in [0.3, 0.4) is 0 Å². The molecule has 0 amide bonds. The molecule has 4 N–H and O–H groups in total. The summed E-state index contributed by atoms with van der Waals surface area (Å²) >= 11 is 0. The van der Waals surface area contributed by atoms with Gasteiger partial charge in [-0.3, -0.25) is 9.59 Å². The molecule has 2 aliphatic carbocycles. The molecule has 0 spiro atoms. The second kappa shape index (κ2) is 17.2. The van der Waals surface area contributed by atoms with Crippen LogP contribution in [-0.4, -0.2) is 45.2 Å². The zero-order chi connectivity index (χ0) is 42.0. The van der Waals surface area contributed by atoms with Crippen LogP contribution in [0.15, 0.2) is 95.1 Å². The molecule has 0 radical (unpaired) electrons. The first kappa shape index (κ1) is 41.6. The second-order valence-electron chi connectivity index (χ2n) is 16.3. The van der Waals surface area contributed by atoms with E-state index in [1.165, 1.54) is 35.4 Å². The molecule has 8 heteroatoms. The van der Waals surface area contributed by atoms with Gasteiger partial charge in [0.1, 0.15) is 47.7 Å². The van der Waals surface area contributed by atoms with Gasteiger partial charge in [-0.25, -0.2) is 0 Å². The highest BCUT2D eigenvalue weighted by Crippen LogP contribution is 2.57. The van der Waals surface area contributed by atoms with Gasteiger partial charge in [0.2, 0.25) is 11.6 Å². The van der Waals surface area contributed by atoms with Crippen molar-refractivity contribution in [2.75, 3.05) is 13.2 Å². The first-order chi connectivity index (χ1) is 27.5. The Morgan fingerprint density at radius 2 is 0.828 bits per heavy atom. The number of benzene rings is 4. The van der Waals surface area contributed by atoms with Gasteiger partial charge in [-0.2, -0.15) is 0 Å². The molecule has 0 bridgehead atoms. The number of fused-ring (bicyclic) bond motifs is 4. The number of aryl methyl sites for hydroxylation is 2. The molecule has 2 atom stereocenters. The van der Waals surface area contributed by atoms with Crippen molar-refractivity contribution < 1.29 is 39.5 Å². The summed E-state index contributed by atoms with van der Waals surface area (Å²) in [6, 6.07) is 13.0. The Kier molecular flexibility index (Phi) is 12.4. The van der Waals surface area contributed by atoms with E-state index < -0.39 is 23.4 Å². The van der Waals surface area contributed by atoms with Crippen LogP contribution in [0.25, 0.3) is 0 Å². The number of aromatic hydroxyl groups is 4. The van der Waals surface area contributed by atoms with E-state index in [-0.39, 0.29) is 58.5 Å². The Labute approximate surface area is 341 Å². The molecule has 58 heavy (non-hydrogen) atoms. The molecular weight excluding hydrogens is 729 g/mol. The van der Waals surface area contributed by atoms with Gasteiger partial charge in [0.05, 0.1) is 22.3 Å². The van der Waals surface area contributed by atoms with Crippen molar-refractivity contribution in [1.82, 2.24) is 0 Å². The normalized spacial score (nSPS) is 15.9. The lowest BCUT2D eigenvalue weighted by Crippen LogP contribution is -2.30. The molecule has 0 aromatic heterocycles. The third-order valence-electron chi connectivity index (χ3n) is 11.0.